The fraction of sp³-hybridized carbons (Fsp3) is 0.368. The van der Waals surface area contributed by atoms with Gasteiger partial charge in [-0.15, -0.1) is 11.8 Å². The number of ether oxygens (including phenoxy) is 1. The number of carbonyl (C=O) groups excluding carboxylic acids is 1. The second kappa shape index (κ2) is 9.80. The molecule has 1 aromatic carbocycles. The molecule has 7 nitrogen and oxygen atoms in total. The van der Waals surface area contributed by atoms with Gasteiger partial charge in [-0.2, -0.15) is 4.31 Å². The van der Waals surface area contributed by atoms with Gasteiger partial charge in [0.25, 0.3) is 0 Å². The first-order chi connectivity index (χ1) is 13.9. The van der Waals surface area contributed by atoms with E-state index in [1.165, 1.54) is 29.4 Å². The molecule has 0 bridgehead atoms. The van der Waals surface area contributed by atoms with Gasteiger partial charge in [-0.3, -0.25) is 4.79 Å². The second-order valence-electron chi connectivity index (χ2n) is 6.43. The lowest BCUT2D eigenvalue weighted by molar-refractivity contribution is -0.115. The van der Waals surface area contributed by atoms with Crippen LogP contribution in [0.1, 0.15) is 19.3 Å². The monoisotopic (exact) mass is 455 g/mol. The predicted molar refractivity (Wildman–Crippen MR) is 114 cm³/mol. The number of methoxy groups -OCH3 is 1. The average Bonchev–Trinajstić information content (AvgIpc) is 3.24. The summed E-state index contributed by atoms with van der Waals surface area (Å²) in [7, 11) is -1.94. The van der Waals surface area contributed by atoms with Crippen LogP contribution in [0.2, 0.25) is 5.02 Å². The number of thioether (sulfide) groups is 1. The average molecular weight is 456 g/mol. The van der Waals surface area contributed by atoms with Crippen LogP contribution >= 0.6 is 23.4 Å². The van der Waals surface area contributed by atoms with Crippen LogP contribution < -0.4 is 10.1 Å². The minimum absolute atomic E-state index is 0.175. The van der Waals surface area contributed by atoms with Crippen molar-refractivity contribution in [3.8, 4) is 5.75 Å². The van der Waals surface area contributed by atoms with Crippen molar-refractivity contribution in [1.82, 2.24) is 9.29 Å². The molecular formula is C19H22ClN3O4S2. The molecule has 2 aromatic rings. The quantitative estimate of drug-likeness (QED) is 0.611. The first kappa shape index (κ1) is 21.9. The first-order valence-electron chi connectivity index (χ1n) is 9.12. The molecule has 1 aromatic heterocycles. The fourth-order valence-electron chi connectivity index (χ4n) is 2.92. The van der Waals surface area contributed by atoms with Crippen LogP contribution in [0.5, 0.6) is 5.75 Å². The molecule has 10 heteroatoms. The number of nitrogens with one attached hydrogen (secondary N) is 1. The summed E-state index contributed by atoms with van der Waals surface area (Å²) >= 11 is 7.35. The number of nitrogens with zero attached hydrogens (tertiary/aromatic N) is 2. The number of carbonyl (C=O) groups is 1. The molecule has 156 valence electrons. The molecule has 0 saturated carbocycles. The summed E-state index contributed by atoms with van der Waals surface area (Å²) in [5.41, 5.74) is 0.518. The number of aromatic nitrogens is 1. The van der Waals surface area contributed by atoms with E-state index in [2.05, 4.69) is 10.3 Å². The topological polar surface area (TPSA) is 88.6 Å². The molecule has 0 radical (unpaired) electrons. The van der Waals surface area contributed by atoms with Gasteiger partial charge in [0.15, 0.2) is 0 Å². The van der Waals surface area contributed by atoms with E-state index in [0.29, 0.717) is 40.3 Å². The summed E-state index contributed by atoms with van der Waals surface area (Å²) in [5.74, 6) is 0.859. The highest BCUT2D eigenvalue weighted by molar-refractivity contribution is 7.99. The van der Waals surface area contributed by atoms with Crippen LogP contribution in [0, 0.1) is 0 Å². The highest BCUT2D eigenvalue weighted by Crippen LogP contribution is 2.28. The van der Waals surface area contributed by atoms with Crippen molar-refractivity contribution in [2.45, 2.75) is 29.2 Å². The number of sulfonamides is 1. The van der Waals surface area contributed by atoms with Crippen LogP contribution in [-0.4, -0.2) is 49.6 Å². The molecule has 0 aliphatic carbocycles. The first-order valence-corrected chi connectivity index (χ1v) is 11.9. The summed E-state index contributed by atoms with van der Waals surface area (Å²) < 4.78 is 31.7. The van der Waals surface area contributed by atoms with Gasteiger partial charge in [0.05, 0.1) is 17.8 Å². The van der Waals surface area contributed by atoms with Crippen molar-refractivity contribution >= 4 is 45.0 Å². The molecule has 1 fully saturated rings. The summed E-state index contributed by atoms with van der Waals surface area (Å²) in [6, 6.07) is 8.25. The lowest BCUT2D eigenvalue weighted by Gasteiger charge is -2.15. The zero-order chi connectivity index (χ0) is 20.9. The van der Waals surface area contributed by atoms with Gasteiger partial charge >= 0.3 is 0 Å². The van der Waals surface area contributed by atoms with E-state index in [1.807, 2.05) is 0 Å². The Balaban J connectivity index is 1.52. The maximum absolute atomic E-state index is 12.5. The van der Waals surface area contributed by atoms with E-state index in [-0.39, 0.29) is 17.2 Å². The molecule has 0 unspecified atom stereocenters. The molecule has 3 rings (SSSR count). The maximum Gasteiger partial charge on any atom is 0.244 e. The van der Waals surface area contributed by atoms with Gasteiger partial charge < -0.3 is 10.1 Å². The second-order valence-corrected chi connectivity index (χ2v) is 9.92. The van der Waals surface area contributed by atoms with E-state index >= 15 is 0 Å². The van der Waals surface area contributed by atoms with Gasteiger partial charge in [0, 0.05) is 36.5 Å². The van der Waals surface area contributed by atoms with Crippen LogP contribution in [0.3, 0.4) is 0 Å². The van der Waals surface area contributed by atoms with Crippen molar-refractivity contribution in [3.63, 3.8) is 0 Å². The Hall–Kier alpha value is -1.81. The van der Waals surface area contributed by atoms with Crippen molar-refractivity contribution in [2.24, 2.45) is 0 Å². The smallest absolute Gasteiger partial charge is 0.244 e. The Morgan fingerprint density at radius 2 is 2.03 bits per heavy atom. The highest BCUT2D eigenvalue weighted by atomic mass is 35.5. The largest absolute Gasteiger partial charge is 0.495 e. The lowest BCUT2D eigenvalue weighted by Crippen LogP contribution is -2.27. The van der Waals surface area contributed by atoms with Gasteiger partial charge in [0.1, 0.15) is 10.6 Å². The summed E-state index contributed by atoms with van der Waals surface area (Å²) in [6.07, 6.45) is 3.43. The molecule has 29 heavy (non-hydrogen) atoms. The number of amides is 1. The Labute approximate surface area is 179 Å². The maximum atomic E-state index is 12.5. The molecule has 1 aliphatic rings. The van der Waals surface area contributed by atoms with Crippen LogP contribution in [0.4, 0.5) is 5.69 Å². The Bertz CT molecular complexity index is 962. The van der Waals surface area contributed by atoms with Crippen molar-refractivity contribution in [2.75, 3.05) is 31.3 Å². The van der Waals surface area contributed by atoms with Crippen LogP contribution in [-0.2, 0) is 14.8 Å². The van der Waals surface area contributed by atoms with E-state index in [9.17, 15) is 13.2 Å². The lowest BCUT2D eigenvalue weighted by atomic mass is 10.3. The molecule has 0 atom stereocenters. The summed E-state index contributed by atoms with van der Waals surface area (Å²) in [4.78, 5) is 16.6. The molecule has 1 N–H and O–H groups in total. The van der Waals surface area contributed by atoms with Gasteiger partial charge in [-0.1, -0.05) is 11.6 Å². The normalized spacial score (nSPS) is 14.7. The molecule has 1 amide bonds. The Kier molecular flexibility index (Phi) is 7.39. The number of rotatable bonds is 8. The Morgan fingerprint density at radius 1 is 1.28 bits per heavy atom. The number of anilines is 1. The summed E-state index contributed by atoms with van der Waals surface area (Å²) in [5, 5.41) is 3.95. The van der Waals surface area contributed by atoms with Gasteiger partial charge in [0.2, 0.25) is 15.9 Å². The van der Waals surface area contributed by atoms with E-state index in [0.717, 1.165) is 12.8 Å². The molecule has 1 aliphatic heterocycles. The van der Waals surface area contributed by atoms with E-state index < -0.39 is 10.0 Å². The SMILES string of the molecule is COc1ccc(Cl)cc1NC(=O)CCSc1ccc(S(=O)(=O)N2CCCC2)cn1. The summed E-state index contributed by atoms with van der Waals surface area (Å²) in [6.45, 7) is 1.12. The minimum Gasteiger partial charge on any atom is -0.495 e. The van der Waals surface area contributed by atoms with Crippen molar-refractivity contribution < 1.29 is 17.9 Å². The number of hydrogen-bond acceptors (Lipinski definition) is 6. The third-order valence-electron chi connectivity index (χ3n) is 4.43. The van der Waals surface area contributed by atoms with E-state index in [1.54, 1.807) is 30.3 Å². The zero-order valence-corrected chi connectivity index (χ0v) is 18.3. The molecule has 2 heterocycles. The molecule has 1 saturated heterocycles. The Morgan fingerprint density at radius 3 is 2.69 bits per heavy atom. The van der Waals surface area contributed by atoms with Crippen LogP contribution in [0.15, 0.2) is 46.5 Å². The van der Waals surface area contributed by atoms with Crippen LogP contribution in [0.25, 0.3) is 0 Å². The fourth-order valence-corrected chi connectivity index (χ4v) is 5.34. The molecular weight excluding hydrogens is 434 g/mol. The third-order valence-corrected chi connectivity index (χ3v) is 7.49. The standard InChI is InChI=1S/C19H22ClN3O4S2/c1-27-17-6-4-14(20)12-16(17)22-18(24)8-11-28-19-7-5-15(13-21-19)29(25,26)23-9-2-3-10-23/h4-7,12-13H,2-3,8-11H2,1H3,(H,22,24). The predicted octanol–water partition coefficient (Wildman–Crippen LogP) is 3.65. The van der Waals surface area contributed by atoms with Gasteiger partial charge in [-0.25, -0.2) is 13.4 Å². The number of pyridine rings is 1. The molecule has 0 spiro atoms. The van der Waals surface area contributed by atoms with Gasteiger partial charge in [-0.05, 0) is 43.2 Å². The number of halogens is 1. The highest BCUT2D eigenvalue weighted by Gasteiger charge is 2.27. The van der Waals surface area contributed by atoms with E-state index in [4.69, 9.17) is 16.3 Å². The minimum atomic E-state index is -3.46. The number of benzene rings is 1. The van der Waals surface area contributed by atoms with Crippen molar-refractivity contribution in [1.29, 1.82) is 0 Å². The zero-order valence-electron chi connectivity index (χ0n) is 15.9. The third kappa shape index (κ3) is 5.63. The van der Waals surface area contributed by atoms with Crippen molar-refractivity contribution in [3.05, 3.63) is 41.6 Å². The number of hydrogen-bond donors (Lipinski definition) is 1.